The molecule has 1 amide bonds. The summed E-state index contributed by atoms with van der Waals surface area (Å²) in [7, 11) is 0. The van der Waals surface area contributed by atoms with E-state index in [-0.39, 0.29) is 24.0 Å². The molecule has 0 radical (unpaired) electrons. The average molecular weight is 299 g/mol. The van der Waals surface area contributed by atoms with E-state index in [4.69, 9.17) is 11.6 Å². The Balaban J connectivity index is 2.21. The van der Waals surface area contributed by atoms with Crippen molar-refractivity contribution in [2.45, 2.75) is 13.3 Å². The van der Waals surface area contributed by atoms with Crippen molar-refractivity contribution in [1.82, 2.24) is 4.98 Å². The lowest BCUT2D eigenvalue weighted by molar-refractivity contribution is -0.115. The first-order chi connectivity index (χ1) is 9.10. The minimum Gasteiger partial charge on any atom is -0.302 e. The summed E-state index contributed by atoms with van der Waals surface area (Å²) in [4.78, 5) is 16.8. The number of alkyl halides is 1. The molecule has 0 unspecified atom stereocenters. The highest BCUT2D eigenvalue weighted by molar-refractivity contribution is 7.16. The Hall–Kier alpha value is -1.46. The van der Waals surface area contributed by atoms with Crippen LogP contribution in [0, 0.1) is 12.7 Å². The highest BCUT2D eigenvalue weighted by Gasteiger charge is 2.11. The second-order valence-electron chi connectivity index (χ2n) is 3.92. The van der Waals surface area contributed by atoms with Gasteiger partial charge in [-0.05, 0) is 31.2 Å². The average Bonchev–Trinajstić information content (AvgIpc) is 2.71. The predicted octanol–water partition coefficient (Wildman–Crippen LogP) is 3.83. The van der Waals surface area contributed by atoms with E-state index in [9.17, 15) is 9.18 Å². The molecule has 0 saturated heterocycles. The number of hydrogen-bond donors (Lipinski definition) is 1. The Kier molecular flexibility index (Phi) is 4.50. The Morgan fingerprint density at radius 2 is 2.11 bits per heavy atom. The van der Waals surface area contributed by atoms with Crippen LogP contribution in [0.15, 0.2) is 24.3 Å². The Bertz CT molecular complexity index is 583. The minimum absolute atomic E-state index is 0.158. The summed E-state index contributed by atoms with van der Waals surface area (Å²) in [6, 6.07) is 6.11. The van der Waals surface area contributed by atoms with E-state index in [1.54, 1.807) is 12.1 Å². The van der Waals surface area contributed by atoms with Crippen LogP contribution in [0.3, 0.4) is 0 Å². The van der Waals surface area contributed by atoms with Crippen LogP contribution in [0.1, 0.15) is 11.3 Å². The number of halogens is 2. The zero-order chi connectivity index (χ0) is 13.8. The van der Waals surface area contributed by atoms with E-state index in [0.717, 1.165) is 16.1 Å². The van der Waals surface area contributed by atoms with Gasteiger partial charge >= 0.3 is 0 Å². The second-order valence-corrected chi connectivity index (χ2v) is 5.50. The van der Waals surface area contributed by atoms with Crippen LogP contribution in [0.2, 0.25) is 0 Å². The van der Waals surface area contributed by atoms with Gasteiger partial charge in [-0.15, -0.1) is 22.9 Å². The largest absolute Gasteiger partial charge is 0.302 e. The van der Waals surface area contributed by atoms with Crippen LogP contribution in [0.4, 0.5) is 9.52 Å². The van der Waals surface area contributed by atoms with Crippen LogP contribution in [0.5, 0.6) is 0 Å². The summed E-state index contributed by atoms with van der Waals surface area (Å²) in [6.07, 6.45) is 0.256. The molecule has 100 valence electrons. The number of nitrogens with zero attached hydrogens (tertiary/aromatic N) is 1. The third-order valence-corrected chi connectivity index (χ3v) is 3.56. The molecule has 0 atom stereocenters. The number of carbonyl (C=O) groups excluding carboxylic acids is 1. The van der Waals surface area contributed by atoms with Crippen molar-refractivity contribution in [3.8, 4) is 11.3 Å². The van der Waals surface area contributed by atoms with Gasteiger partial charge in [-0.1, -0.05) is 0 Å². The number of benzene rings is 1. The Labute approximate surface area is 119 Å². The molecule has 2 aromatic rings. The predicted molar refractivity (Wildman–Crippen MR) is 76.2 cm³/mol. The van der Waals surface area contributed by atoms with Crippen molar-refractivity contribution in [3.63, 3.8) is 0 Å². The lowest BCUT2D eigenvalue weighted by atomic mass is 10.1. The first-order valence-corrected chi connectivity index (χ1v) is 7.04. The second kappa shape index (κ2) is 6.12. The maximum atomic E-state index is 12.9. The standard InChI is InChI=1S/C13H12ClFN2OS/c1-8-12(9-2-4-10(15)5-3-9)17-13(19-8)16-11(18)6-7-14/h2-5H,6-7H2,1H3,(H,16,17,18). The highest BCUT2D eigenvalue weighted by Crippen LogP contribution is 2.30. The number of aromatic nitrogens is 1. The van der Waals surface area contributed by atoms with Gasteiger partial charge in [0.05, 0.1) is 5.69 Å². The Morgan fingerprint density at radius 3 is 2.74 bits per heavy atom. The maximum Gasteiger partial charge on any atom is 0.227 e. The number of rotatable bonds is 4. The number of thiazole rings is 1. The van der Waals surface area contributed by atoms with Crippen LogP contribution in [-0.2, 0) is 4.79 Å². The zero-order valence-electron chi connectivity index (χ0n) is 10.2. The van der Waals surface area contributed by atoms with Gasteiger partial charge in [-0.3, -0.25) is 4.79 Å². The fourth-order valence-corrected chi connectivity index (χ4v) is 2.62. The van der Waals surface area contributed by atoms with Crippen LogP contribution in [-0.4, -0.2) is 16.8 Å². The van der Waals surface area contributed by atoms with Gasteiger partial charge in [0.1, 0.15) is 5.82 Å². The van der Waals surface area contributed by atoms with Crippen LogP contribution < -0.4 is 5.32 Å². The van der Waals surface area contributed by atoms with Crippen molar-refractivity contribution in [2.24, 2.45) is 0 Å². The van der Waals surface area contributed by atoms with Crippen molar-refractivity contribution < 1.29 is 9.18 Å². The van der Waals surface area contributed by atoms with Gasteiger partial charge in [-0.25, -0.2) is 9.37 Å². The maximum absolute atomic E-state index is 12.9. The molecular weight excluding hydrogens is 287 g/mol. The third kappa shape index (κ3) is 3.52. The number of anilines is 1. The number of carbonyl (C=O) groups is 1. The molecule has 0 spiro atoms. The molecule has 0 aliphatic heterocycles. The molecule has 2 rings (SSSR count). The lowest BCUT2D eigenvalue weighted by Gasteiger charge is -1.99. The fraction of sp³-hybridized carbons (Fsp3) is 0.231. The number of amides is 1. The van der Waals surface area contributed by atoms with E-state index in [1.807, 2.05) is 6.92 Å². The summed E-state index contributed by atoms with van der Waals surface area (Å²) in [5, 5.41) is 3.23. The molecule has 1 aromatic carbocycles. The quantitative estimate of drug-likeness (QED) is 0.872. The monoisotopic (exact) mass is 298 g/mol. The van der Waals surface area contributed by atoms with Crippen molar-refractivity contribution in [3.05, 3.63) is 35.0 Å². The first kappa shape index (κ1) is 14.0. The summed E-state index contributed by atoms with van der Waals surface area (Å²) in [5.74, 6) is -0.164. The SMILES string of the molecule is Cc1sc(NC(=O)CCCl)nc1-c1ccc(F)cc1. The van der Waals surface area contributed by atoms with Crippen molar-refractivity contribution in [1.29, 1.82) is 0 Å². The number of hydrogen-bond acceptors (Lipinski definition) is 3. The first-order valence-electron chi connectivity index (χ1n) is 5.69. The van der Waals surface area contributed by atoms with Gasteiger partial charge in [0, 0.05) is 22.7 Å². The highest BCUT2D eigenvalue weighted by atomic mass is 35.5. The molecule has 0 fully saturated rings. The van der Waals surface area contributed by atoms with Gasteiger partial charge in [0.2, 0.25) is 5.91 Å². The summed E-state index contributed by atoms with van der Waals surface area (Å²) >= 11 is 6.88. The van der Waals surface area contributed by atoms with Crippen LogP contribution in [0.25, 0.3) is 11.3 Å². The third-order valence-electron chi connectivity index (χ3n) is 2.48. The van der Waals surface area contributed by atoms with Gasteiger partial charge in [0.15, 0.2) is 5.13 Å². The molecule has 0 aliphatic carbocycles. The van der Waals surface area contributed by atoms with E-state index >= 15 is 0 Å². The molecule has 0 saturated carbocycles. The Morgan fingerprint density at radius 1 is 1.42 bits per heavy atom. The van der Waals surface area contributed by atoms with E-state index in [0.29, 0.717) is 5.13 Å². The molecule has 1 N–H and O–H groups in total. The summed E-state index contributed by atoms with van der Waals surface area (Å²) < 4.78 is 12.9. The van der Waals surface area contributed by atoms with Crippen molar-refractivity contribution >= 4 is 34.0 Å². The molecule has 3 nitrogen and oxygen atoms in total. The molecule has 6 heteroatoms. The molecule has 19 heavy (non-hydrogen) atoms. The van der Waals surface area contributed by atoms with E-state index < -0.39 is 0 Å². The summed E-state index contributed by atoms with van der Waals surface area (Å²) in [5.41, 5.74) is 1.58. The van der Waals surface area contributed by atoms with E-state index in [2.05, 4.69) is 10.3 Å². The molecule has 1 heterocycles. The normalized spacial score (nSPS) is 10.5. The molecule has 1 aromatic heterocycles. The molecular formula is C13H12ClFN2OS. The fourth-order valence-electron chi connectivity index (χ4n) is 1.59. The smallest absolute Gasteiger partial charge is 0.227 e. The van der Waals surface area contributed by atoms with Gasteiger partial charge in [0.25, 0.3) is 0 Å². The van der Waals surface area contributed by atoms with Crippen molar-refractivity contribution in [2.75, 3.05) is 11.2 Å². The van der Waals surface area contributed by atoms with Gasteiger partial charge in [-0.2, -0.15) is 0 Å². The number of nitrogens with one attached hydrogen (secondary N) is 1. The van der Waals surface area contributed by atoms with Gasteiger partial charge < -0.3 is 5.32 Å². The van der Waals surface area contributed by atoms with Crippen LogP contribution >= 0.6 is 22.9 Å². The molecule has 0 aliphatic rings. The minimum atomic E-state index is -0.285. The summed E-state index contributed by atoms with van der Waals surface area (Å²) in [6.45, 7) is 1.91. The number of aryl methyl sites for hydroxylation is 1. The molecule has 0 bridgehead atoms. The van der Waals surface area contributed by atoms with E-state index in [1.165, 1.54) is 23.5 Å². The topological polar surface area (TPSA) is 42.0 Å². The zero-order valence-corrected chi connectivity index (χ0v) is 11.8. The lowest BCUT2D eigenvalue weighted by Crippen LogP contribution is -2.11.